The number of carbonyl (C=O) groups excluding carboxylic acids is 1. The Kier molecular flexibility index (Phi) is 3.02. The van der Waals surface area contributed by atoms with Gasteiger partial charge in [-0.2, -0.15) is 5.10 Å². The summed E-state index contributed by atoms with van der Waals surface area (Å²) in [6.45, 7) is 7.21. The van der Waals surface area contributed by atoms with E-state index in [2.05, 4.69) is 10.1 Å². The Morgan fingerprint density at radius 3 is 2.72 bits per heavy atom. The first-order valence-electron chi connectivity index (χ1n) is 5.51. The summed E-state index contributed by atoms with van der Waals surface area (Å²) in [6, 6.07) is 0. The fraction of sp³-hybridized carbons (Fsp3) is 0.417. The Balaban J connectivity index is 2.45. The van der Waals surface area contributed by atoms with Gasteiger partial charge < -0.3 is 4.74 Å². The molecule has 5 nitrogen and oxygen atoms in total. The first kappa shape index (κ1) is 12.8. The van der Waals surface area contributed by atoms with Crippen molar-refractivity contribution in [1.29, 1.82) is 0 Å². The van der Waals surface area contributed by atoms with Crippen LogP contribution in [-0.2, 0) is 4.79 Å². The molecule has 0 spiro atoms. The van der Waals surface area contributed by atoms with Crippen LogP contribution in [0, 0.1) is 12.3 Å². The van der Waals surface area contributed by atoms with Crippen molar-refractivity contribution in [2.45, 2.75) is 27.7 Å². The summed E-state index contributed by atoms with van der Waals surface area (Å²) in [7, 11) is 0. The maximum Gasteiger partial charge on any atom is 0.316 e. The van der Waals surface area contributed by atoms with Gasteiger partial charge in [0, 0.05) is 5.56 Å². The Hall–Kier alpha value is -1.62. The third-order valence-corrected chi connectivity index (χ3v) is 2.83. The summed E-state index contributed by atoms with van der Waals surface area (Å²) in [4.78, 5) is 15.7. The van der Waals surface area contributed by atoms with Gasteiger partial charge in [0.1, 0.15) is 11.8 Å². The van der Waals surface area contributed by atoms with Gasteiger partial charge in [-0.25, -0.2) is 9.50 Å². The summed E-state index contributed by atoms with van der Waals surface area (Å²) in [5.41, 5.74) is 0.838. The number of rotatable bonds is 1. The summed E-state index contributed by atoms with van der Waals surface area (Å²) < 4.78 is 6.91. The predicted molar refractivity (Wildman–Crippen MR) is 67.8 cm³/mol. The van der Waals surface area contributed by atoms with Crippen LogP contribution >= 0.6 is 11.6 Å². The molecule has 2 rings (SSSR count). The highest BCUT2D eigenvalue weighted by Crippen LogP contribution is 2.29. The van der Waals surface area contributed by atoms with Crippen LogP contribution in [0.4, 0.5) is 0 Å². The first-order valence-corrected chi connectivity index (χ1v) is 5.89. The van der Waals surface area contributed by atoms with Crippen molar-refractivity contribution < 1.29 is 9.53 Å². The zero-order chi connectivity index (χ0) is 13.5. The smallest absolute Gasteiger partial charge is 0.316 e. The van der Waals surface area contributed by atoms with Crippen molar-refractivity contribution in [1.82, 2.24) is 14.6 Å². The van der Waals surface area contributed by atoms with E-state index in [1.165, 1.54) is 6.33 Å². The van der Waals surface area contributed by atoms with Crippen molar-refractivity contribution in [2.75, 3.05) is 0 Å². The second-order valence-electron chi connectivity index (χ2n) is 5.10. The molecule has 0 aromatic carbocycles. The monoisotopic (exact) mass is 269 g/mol. The molecular weight excluding hydrogens is 256 g/mol. The summed E-state index contributed by atoms with van der Waals surface area (Å²) in [6.07, 6.45) is 2.98. The number of carbonyl (C=O) groups is 1. The Morgan fingerprint density at radius 1 is 1.50 bits per heavy atom. The molecule has 0 unspecified atom stereocenters. The lowest BCUT2D eigenvalue weighted by Gasteiger charge is -2.15. The molecule has 0 atom stereocenters. The number of aromatic nitrogens is 3. The molecule has 96 valence electrons. The fourth-order valence-electron chi connectivity index (χ4n) is 1.45. The first-order chi connectivity index (χ1) is 8.30. The number of nitrogens with zero attached hydrogens (tertiary/aromatic N) is 3. The Morgan fingerprint density at radius 2 is 2.17 bits per heavy atom. The van der Waals surface area contributed by atoms with Gasteiger partial charge in [-0.3, -0.25) is 4.79 Å². The van der Waals surface area contributed by atoms with Gasteiger partial charge in [0.2, 0.25) is 0 Å². The summed E-state index contributed by atoms with van der Waals surface area (Å²) in [5, 5.41) is 4.36. The van der Waals surface area contributed by atoms with E-state index >= 15 is 0 Å². The highest BCUT2D eigenvalue weighted by atomic mass is 35.5. The van der Waals surface area contributed by atoms with Crippen molar-refractivity contribution in [2.24, 2.45) is 5.41 Å². The highest BCUT2D eigenvalue weighted by Gasteiger charge is 2.25. The minimum absolute atomic E-state index is 0.300. The molecule has 2 heterocycles. The van der Waals surface area contributed by atoms with Crippen molar-refractivity contribution in [3.05, 3.63) is 23.2 Å². The molecule has 0 saturated carbocycles. The molecule has 0 bridgehead atoms. The molecule has 0 amide bonds. The van der Waals surface area contributed by atoms with Gasteiger partial charge >= 0.3 is 5.97 Å². The van der Waals surface area contributed by atoms with Crippen molar-refractivity contribution in [3.63, 3.8) is 0 Å². The van der Waals surface area contributed by atoms with Crippen molar-refractivity contribution >= 4 is 23.1 Å². The topological polar surface area (TPSA) is 56.5 Å². The van der Waals surface area contributed by atoms with E-state index in [1.54, 1.807) is 31.5 Å². The average molecular weight is 270 g/mol. The maximum absolute atomic E-state index is 11.8. The molecule has 0 N–H and O–H groups in total. The van der Waals surface area contributed by atoms with Crippen LogP contribution in [0.2, 0.25) is 5.15 Å². The second-order valence-corrected chi connectivity index (χ2v) is 5.46. The zero-order valence-electron chi connectivity index (χ0n) is 10.7. The number of hydrogen-bond acceptors (Lipinski definition) is 4. The quantitative estimate of drug-likeness (QED) is 0.747. The molecule has 0 aliphatic heterocycles. The number of halogens is 1. The molecule has 18 heavy (non-hydrogen) atoms. The van der Waals surface area contributed by atoms with Crippen LogP contribution in [0.3, 0.4) is 0 Å². The van der Waals surface area contributed by atoms with E-state index in [0.29, 0.717) is 16.4 Å². The van der Waals surface area contributed by atoms with Crippen LogP contribution in [0.1, 0.15) is 26.3 Å². The van der Waals surface area contributed by atoms with E-state index in [0.717, 1.165) is 5.56 Å². The van der Waals surface area contributed by atoms with Crippen molar-refractivity contribution in [3.8, 4) is 5.75 Å². The maximum atomic E-state index is 11.8. The Labute approximate surface area is 110 Å². The largest absolute Gasteiger partial charge is 0.424 e. The van der Waals surface area contributed by atoms with E-state index in [1.807, 2.05) is 6.92 Å². The van der Waals surface area contributed by atoms with Gasteiger partial charge in [0.05, 0.1) is 11.6 Å². The number of hydrogen-bond donors (Lipinski definition) is 0. The van der Waals surface area contributed by atoms with Gasteiger partial charge in [-0.15, -0.1) is 0 Å². The lowest BCUT2D eigenvalue weighted by molar-refractivity contribution is -0.143. The average Bonchev–Trinajstić information content (AvgIpc) is 2.56. The molecule has 2 aromatic heterocycles. The molecular formula is C12H14ClN3O2. The van der Waals surface area contributed by atoms with Gasteiger partial charge in [-0.05, 0) is 27.7 Å². The van der Waals surface area contributed by atoms with E-state index in [-0.39, 0.29) is 5.97 Å². The minimum atomic E-state index is -0.559. The molecule has 0 aliphatic carbocycles. The van der Waals surface area contributed by atoms with E-state index in [4.69, 9.17) is 16.3 Å². The normalized spacial score (nSPS) is 11.8. The van der Waals surface area contributed by atoms with Crippen LogP contribution in [0.25, 0.3) is 5.52 Å². The number of fused-ring (bicyclic) bond motifs is 1. The Bertz CT molecular complexity index is 614. The lowest BCUT2D eigenvalue weighted by atomic mass is 9.97. The third-order valence-electron chi connectivity index (χ3n) is 2.55. The van der Waals surface area contributed by atoms with E-state index < -0.39 is 5.41 Å². The molecule has 6 heteroatoms. The van der Waals surface area contributed by atoms with Crippen LogP contribution < -0.4 is 4.74 Å². The second kappa shape index (κ2) is 4.24. The van der Waals surface area contributed by atoms with Crippen LogP contribution in [0.5, 0.6) is 5.75 Å². The van der Waals surface area contributed by atoms with Gasteiger partial charge in [0.15, 0.2) is 10.9 Å². The fourth-order valence-corrected chi connectivity index (χ4v) is 1.72. The highest BCUT2D eigenvalue weighted by molar-refractivity contribution is 6.32. The van der Waals surface area contributed by atoms with Crippen LogP contribution in [-0.4, -0.2) is 20.6 Å². The van der Waals surface area contributed by atoms with E-state index in [9.17, 15) is 4.79 Å². The SMILES string of the molecule is Cc1c(OC(=O)C(C)(C)C)cn2n[14cH]nc(Cl)c12. The molecule has 2 aromatic rings. The standard InChI is InChI=1S/C12H14ClN3O2/c1-7-8(18-11(17)12(2,3)4)5-16-9(7)10(13)14-6-15-16/h5-6H,1-4H3/i6+2. The van der Waals surface area contributed by atoms with Gasteiger partial charge in [0.25, 0.3) is 0 Å². The molecule has 0 aliphatic rings. The molecule has 0 saturated heterocycles. The predicted octanol–water partition coefficient (Wildman–Crippen LogP) is 2.64. The minimum Gasteiger partial charge on any atom is -0.424 e. The molecule has 0 radical (unpaired) electrons. The lowest BCUT2D eigenvalue weighted by Crippen LogP contribution is -2.25. The summed E-state index contributed by atoms with van der Waals surface area (Å²) >= 11 is 5.99. The molecule has 0 fully saturated rings. The van der Waals surface area contributed by atoms with Gasteiger partial charge in [-0.1, -0.05) is 11.6 Å². The number of esters is 1. The zero-order valence-corrected chi connectivity index (χ0v) is 11.4. The number of ether oxygens (including phenoxy) is 1. The van der Waals surface area contributed by atoms with Crippen LogP contribution in [0.15, 0.2) is 12.5 Å². The third kappa shape index (κ3) is 2.18. The summed E-state index contributed by atoms with van der Waals surface area (Å²) in [5.74, 6) is 0.155. The number of aryl methyl sites for hydroxylation is 1.